The minimum absolute atomic E-state index is 0.137. The zero-order valence-electron chi connectivity index (χ0n) is 9.41. The molecule has 100 valence electrons. The van der Waals surface area contributed by atoms with Gasteiger partial charge in [-0.1, -0.05) is 11.6 Å². The SMILES string of the molecule is O=C(O)c1occc1CNc1c(Cl)cc(F)cc1Br. The highest BCUT2D eigenvalue weighted by Crippen LogP contribution is 2.32. The number of nitrogens with one attached hydrogen (secondary N) is 1. The van der Waals surface area contributed by atoms with E-state index in [0.717, 1.165) is 0 Å². The van der Waals surface area contributed by atoms with Crippen molar-refractivity contribution in [1.82, 2.24) is 0 Å². The second-order valence-corrected chi connectivity index (χ2v) is 4.94. The average molecular weight is 349 g/mol. The van der Waals surface area contributed by atoms with Crippen LogP contribution in [0.1, 0.15) is 16.1 Å². The van der Waals surface area contributed by atoms with Crippen molar-refractivity contribution in [1.29, 1.82) is 0 Å². The predicted molar refractivity (Wildman–Crippen MR) is 72.1 cm³/mol. The molecule has 1 aromatic heterocycles. The van der Waals surface area contributed by atoms with Crippen LogP contribution in [0, 0.1) is 5.82 Å². The van der Waals surface area contributed by atoms with Crippen LogP contribution < -0.4 is 5.32 Å². The summed E-state index contributed by atoms with van der Waals surface area (Å²) in [6.07, 6.45) is 1.29. The Balaban J connectivity index is 2.19. The van der Waals surface area contributed by atoms with E-state index in [2.05, 4.69) is 21.2 Å². The van der Waals surface area contributed by atoms with Gasteiger partial charge < -0.3 is 14.8 Å². The van der Waals surface area contributed by atoms with Gasteiger partial charge >= 0.3 is 5.97 Å². The molecule has 1 aromatic carbocycles. The molecule has 19 heavy (non-hydrogen) atoms. The molecule has 2 N–H and O–H groups in total. The van der Waals surface area contributed by atoms with Crippen LogP contribution in [0.2, 0.25) is 5.02 Å². The molecule has 0 atom stereocenters. The lowest BCUT2D eigenvalue weighted by Gasteiger charge is -2.10. The highest BCUT2D eigenvalue weighted by Gasteiger charge is 2.15. The number of carboxylic acids is 1. The fourth-order valence-corrected chi connectivity index (χ4v) is 2.52. The number of halogens is 3. The lowest BCUT2D eigenvalue weighted by Crippen LogP contribution is -2.05. The summed E-state index contributed by atoms with van der Waals surface area (Å²) in [5.41, 5.74) is 0.959. The molecule has 0 fully saturated rings. The van der Waals surface area contributed by atoms with Crippen molar-refractivity contribution in [2.24, 2.45) is 0 Å². The van der Waals surface area contributed by atoms with Gasteiger partial charge in [-0.15, -0.1) is 0 Å². The van der Waals surface area contributed by atoms with Crippen molar-refractivity contribution in [3.05, 3.63) is 51.1 Å². The van der Waals surface area contributed by atoms with Crippen molar-refractivity contribution in [2.75, 3.05) is 5.32 Å². The normalized spacial score (nSPS) is 10.5. The fraction of sp³-hybridized carbons (Fsp3) is 0.0833. The van der Waals surface area contributed by atoms with Gasteiger partial charge in [0.2, 0.25) is 5.76 Å². The van der Waals surface area contributed by atoms with E-state index in [1.165, 1.54) is 18.4 Å². The molecule has 2 aromatic rings. The minimum Gasteiger partial charge on any atom is -0.475 e. The Morgan fingerprint density at radius 2 is 2.26 bits per heavy atom. The van der Waals surface area contributed by atoms with Gasteiger partial charge in [-0.05, 0) is 34.1 Å². The Hall–Kier alpha value is -1.53. The third kappa shape index (κ3) is 3.08. The summed E-state index contributed by atoms with van der Waals surface area (Å²) in [4.78, 5) is 10.9. The summed E-state index contributed by atoms with van der Waals surface area (Å²) in [5, 5.41) is 12.0. The number of hydrogen-bond acceptors (Lipinski definition) is 3. The molecule has 0 unspecified atom stereocenters. The van der Waals surface area contributed by atoms with Crippen LogP contribution in [-0.2, 0) is 6.54 Å². The summed E-state index contributed by atoms with van der Waals surface area (Å²) >= 11 is 9.09. The van der Waals surface area contributed by atoms with E-state index < -0.39 is 11.8 Å². The highest BCUT2D eigenvalue weighted by atomic mass is 79.9. The quantitative estimate of drug-likeness (QED) is 0.871. The largest absolute Gasteiger partial charge is 0.475 e. The Kier molecular flexibility index (Phi) is 4.11. The van der Waals surface area contributed by atoms with Gasteiger partial charge in [0.05, 0.1) is 17.0 Å². The molecular formula is C12H8BrClFNO3. The lowest BCUT2D eigenvalue weighted by molar-refractivity contribution is 0.0661. The first kappa shape index (κ1) is 13.9. The number of hydrogen-bond donors (Lipinski definition) is 2. The molecule has 0 radical (unpaired) electrons. The molecule has 1 heterocycles. The van der Waals surface area contributed by atoms with E-state index in [1.807, 2.05) is 0 Å². The maximum atomic E-state index is 13.1. The van der Waals surface area contributed by atoms with Gasteiger partial charge in [-0.25, -0.2) is 9.18 Å². The summed E-state index contributed by atoms with van der Waals surface area (Å²) in [7, 11) is 0. The second kappa shape index (κ2) is 5.63. The Bertz CT molecular complexity index is 606. The molecule has 7 heteroatoms. The molecule has 0 spiro atoms. The number of anilines is 1. The van der Waals surface area contributed by atoms with Crippen LogP contribution in [0.15, 0.2) is 33.4 Å². The van der Waals surface area contributed by atoms with E-state index in [4.69, 9.17) is 21.1 Å². The summed E-state index contributed by atoms with van der Waals surface area (Å²) in [6.45, 7) is 0.197. The maximum absolute atomic E-state index is 13.1. The number of benzene rings is 1. The smallest absolute Gasteiger partial charge is 0.372 e. The monoisotopic (exact) mass is 347 g/mol. The van der Waals surface area contributed by atoms with Crippen LogP contribution in [0.25, 0.3) is 0 Å². The summed E-state index contributed by atoms with van der Waals surface area (Å²) in [6, 6.07) is 3.98. The van der Waals surface area contributed by atoms with Gasteiger partial charge in [-0.3, -0.25) is 0 Å². The van der Waals surface area contributed by atoms with E-state index in [1.54, 1.807) is 6.07 Å². The van der Waals surface area contributed by atoms with Gasteiger partial charge in [0.15, 0.2) is 0 Å². The fourth-order valence-electron chi connectivity index (χ4n) is 1.56. The molecule has 0 saturated carbocycles. The van der Waals surface area contributed by atoms with Crippen LogP contribution in [0.3, 0.4) is 0 Å². The standard InChI is InChI=1S/C12H8BrClFNO3/c13-8-3-7(15)4-9(14)10(8)16-5-6-1-2-19-11(6)12(17)18/h1-4,16H,5H2,(H,17,18). The van der Waals surface area contributed by atoms with E-state index in [9.17, 15) is 9.18 Å². The van der Waals surface area contributed by atoms with Crippen molar-refractivity contribution in [3.8, 4) is 0 Å². The molecular weight excluding hydrogens is 340 g/mol. The third-order valence-corrected chi connectivity index (χ3v) is 3.33. The maximum Gasteiger partial charge on any atom is 0.372 e. The number of furan rings is 1. The predicted octanol–water partition coefficient (Wildman–Crippen LogP) is 4.14. The topological polar surface area (TPSA) is 62.5 Å². The van der Waals surface area contributed by atoms with E-state index in [-0.39, 0.29) is 17.3 Å². The van der Waals surface area contributed by atoms with Crippen molar-refractivity contribution in [3.63, 3.8) is 0 Å². The summed E-state index contributed by atoms with van der Waals surface area (Å²) < 4.78 is 18.4. The first-order valence-corrected chi connectivity index (χ1v) is 6.34. The van der Waals surface area contributed by atoms with E-state index >= 15 is 0 Å². The molecule has 4 nitrogen and oxygen atoms in total. The lowest BCUT2D eigenvalue weighted by atomic mass is 10.2. The van der Waals surface area contributed by atoms with Crippen molar-refractivity contribution < 1.29 is 18.7 Å². The molecule has 0 saturated heterocycles. The number of carbonyl (C=O) groups is 1. The van der Waals surface area contributed by atoms with Gasteiger partial charge in [0.1, 0.15) is 5.82 Å². The Labute approximate surface area is 121 Å². The van der Waals surface area contributed by atoms with Crippen molar-refractivity contribution >= 4 is 39.2 Å². The number of carboxylic acid groups (broad SMARTS) is 1. The van der Waals surface area contributed by atoms with Gasteiger partial charge in [0, 0.05) is 16.6 Å². The van der Waals surface area contributed by atoms with E-state index in [0.29, 0.717) is 15.7 Å². The van der Waals surface area contributed by atoms with Gasteiger partial charge in [0.25, 0.3) is 0 Å². The third-order valence-electron chi connectivity index (χ3n) is 2.40. The minimum atomic E-state index is -1.15. The van der Waals surface area contributed by atoms with Crippen LogP contribution >= 0.6 is 27.5 Å². The molecule has 0 aliphatic carbocycles. The number of aromatic carboxylic acids is 1. The molecule has 2 rings (SSSR count). The first-order valence-electron chi connectivity index (χ1n) is 5.17. The summed E-state index contributed by atoms with van der Waals surface area (Å²) in [5.74, 6) is -1.75. The zero-order chi connectivity index (χ0) is 14.0. The number of rotatable bonds is 4. The Morgan fingerprint density at radius 1 is 1.53 bits per heavy atom. The molecule has 0 aliphatic heterocycles. The highest BCUT2D eigenvalue weighted by molar-refractivity contribution is 9.10. The molecule has 0 aliphatic rings. The zero-order valence-corrected chi connectivity index (χ0v) is 11.8. The molecule has 0 bridgehead atoms. The van der Waals surface area contributed by atoms with Crippen molar-refractivity contribution in [2.45, 2.75) is 6.54 Å². The van der Waals surface area contributed by atoms with Crippen LogP contribution in [0.5, 0.6) is 0 Å². The second-order valence-electron chi connectivity index (χ2n) is 3.68. The first-order chi connectivity index (χ1) is 8.99. The average Bonchev–Trinajstić information content (AvgIpc) is 2.75. The van der Waals surface area contributed by atoms with Crippen LogP contribution in [-0.4, -0.2) is 11.1 Å². The van der Waals surface area contributed by atoms with Gasteiger partial charge in [-0.2, -0.15) is 0 Å². The Morgan fingerprint density at radius 3 is 2.89 bits per heavy atom. The van der Waals surface area contributed by atoms with Crippen LogP contribution in [0.4, 0.5) is 10.1 Å². The molecule has 0 amide bonds.